The Bertz CT molecular complexity index is 1140. The van der Waals surface area contributed by atoms with E-state index < -0.39 is 5.97 Å². The highest BCUT2D eigenvalue weighted by Crippen LogP contribution is 2.22. The number of benzene rings is 3. The van der Waals surface area contributed by atoms with Crippen LogP contribution >= 0.6 is 0 Å². The molecule has 4 rings (SSSR count). The zero-order valence-electron chi connectivity index (χ0n) is 14.3. The van der Waals surface area contributed by atoms with Crippen molar-refractivity contribution in [1.82, 2.24) is 4.98 Å². The number of ether oxygens (including phenoxy) is 1. The number of hydrogen-bond acceptors (Lipinski definition) is 3. The molecule has 1 N–H and O–H groups in total. The third-order valence-corrected chi connectivity index (χ3v) is 4.49. The highest BCUT2D eigenvalue weighted by atomic mass is 16.5. The van der Waals surface area contributed by atoms with Crippen molar-refractivity contribution < 1.29 is 14.3 Å². The maximum Gasteiger partial charge on any atom is 0.338 e. The normalized spacial score (nSPS) is 11.0. The van der Waals surface area contributed by atoms with Crippen LogP contribution < -0.4 is 0 Å². The van der Waals surface area contributed by atoms with Gasteiger partial charge in [-0.25, -0.2) is 4.79 Å². The van der Waals surface area contributed by atoms with Gasteiger partial charge in [-0.1, -0.05) is 48.5 Å². The summed E-state index contributed by atoms with van der Waals surface area (Å²) in [5, 5.41) is 2.85. The largest absolute Gasteiger partial charge is 0.454 e. The van der Waals surface area contributed by atoms with Crippen molar-refractivity contribution in [3.8, 4) is 0 Å². The van der Waals surface area contributed by atoms with Crippen LogP contribution in [0.1, 0.15) is 26.4 Å². The molecule has 0 atom stereocenters. The van der Waals surface area contributed by atoms with Gasteiger partial charge in [0.15, 0.2) is 6.61 Å². The van der Waals surface area contributed by atoms with Crippen LogP contribution in [0.25, 0.3) is 21.7 Å². The molecule has 0 aliphatic carbocycles. The fourth-order valence-corrected chi connectivity index (χ4v) is 3.24. The molecule has 3 aromatic carbocycles. The highest BCUT2D eigenvalue weighted by Gasteiger charge is 2.18. The predicted molar refractivity (Wildman–Crippen MR) is 102 cm³/mol. The van der Waals surface area contributed by atoms with E-state index in [0.717, 1.165) is 27.4 Å². The fourth-order valence-electron chi connectivity index (χ4n) is 3.24. The Morgan fingerprint density at radius 2 is 1.65 bits per heavy atom. The van der Waals surface area contributed by atoms with Crippen LogP contribution in [0.4, 0.5) is 0 Å². The lowest BCUT2D eigenvalue weighted by Gasteiger charge is -2.06. The van der Waals surface area contributed by atoms with Crippen LogP contribution in [0, 0.1) is 6.92 Å². The Morgan fingerprint density at radius 1 is 0.923 bits per heavy atom. The maximum atomic E-state index is 12.6. The average molecular weight is 343 g/mol. The van der Waals surface area contributed by atoms with Gasteiger partial charge >= 0.3 is 5.97 Å². The summed E-state index contributed by atoms with van der Waals surface area (Å²) in [6.07, 6.45) is 0. The van der Waals surface area contributed by atoms with E-state index in [4.69, 9.17) is 4.74 Å². The third-order valence-electron chi connectivity index (χ3n) is 4.49. The molecule has 0 bridgehead atoms. The molecule has 0 spiro atoms. The molecule has 0 amide bonds. The molecule has 0 fully saturated rings. The quantitative estimate of drug-likeness (QED) is 0.433. The number of para-hydroxylation sites is 1. The van der Waals surface area contributed by atoms with Crippen LogP contribution in [0.5, 0.6) is 0 Å². The molecule has 1 heterocycles. The van der Waals surface area contributed by atoms with Gasteiger partial charge in [0.2, 0.25) is 5.78 Å². The van der Waals surface area contributed by atoms with Gasteiger partial charge in [0, 0.05) is 22.2 Å². The second-order valence-electron chi connectivity index (χ2n) is 6.23. The zero-order valence-corrected chi connectivity index (χ0v) is 14.3. The van der Waals surface area contributed by atoms with Gasteiger partial charge in [0.1, 0.15) is 0 Å². The number of hydrogen-bond donors (Lipinski definition) is 1. The first kappa shape index (κ1) is 16.1. The topological polar surface area (TPSA) is 59.2 Å². The van der Waals surface area contributed by atoms with Gasteiger partial charge in [-0.2, -0.15) is 0 Å². The first-order chi connectivity index (χ1) is 12.6. The van der Waals surface area contributed by atoms with E-state index in [9.17, 15) is 9.59 Å². The number of Topliss-reactive ketones (excluding diaryl/α,β-unsaturated/α-hetero) is 1. The molecule has 26 heavy (non-hydrogen) atoms. The molecule has 0 unspecified atom stereocenters. The molecule has 4 heteroatoms. The minimum atomic E-state index is -0.499. The number of aryl methyl sites for hydroxylation is 1. The number of H-pyrrole nitrogens is 1. The number of aromatic nitrogens is 1. The van der Waals surface area contributed by atoms with Crippen molar-refractivity contribution in [2.24, 2.45) is 0 Å². The van der Waals surface area contributed by atoms with E-state index in [-0.39, 0.29) is 12.4 Å². The van der Waals surface area contributed by atoms with Crippen molar-refractivity contribution in [2.45, 2.75) is 6.92 Å². The van der Waals surface area contributed by atoms with Crippen LogP contribution in [-0.2, 0) is 4.74 Å². The van der Waals surface area contributed by atoms with E-state index in [1.54, 1.807) is 12.1 Å². The molecule has 128 valence electrons. The molecular formula is C22H17NO3. The number of fused-ring (bicyclic) bond motifs is 2. The minimum Gasteiger partial charge on any atom is -0.454 e. The smallest absolute Gasteiger partial charge is 0.338 e. The third kappa shape index (κ3) is 2.86. The van der Waals surface area contributed by atoms with E-state index in [2.05, 4.69) is 4.98 Å². The van der Waals surface area contributed by atoms with Gasteiger partial charge in [0.05, 0.1) is 5.56 Å². The van der Waals surface area contributed by atoms with Crippen LogP contribution in [0.15, 0.2) is 66.7 Å². The molecule has 1 aromatic heterocycles. The summed E-state index contributed by atoms with van der Waals surface area (Å²) in [6.45, 7) is 1.56. The second-order valence-corrected chi connectivity index (χ2v) is 6.23. The molecule has 0 saturated heterocycles. The molecule has 0 aliphatic heterocycles. The van der Waals surface area contributed by atoms with Crippen molar-refractivity contribution in [3.05, 3.63) is 83.6 Å². The summed E-state index contributed by atoms with van der Waals surface area (Å²) in [5.41, 5.74) is 2.69. The molecular weight excluding hydrogens is 326 g/mol. The Balaban J connectivity index is 1.53. The van der Waals surface area contributed by atoms with Gasteiger partial charge in [0.25, 0.3) is 0 Å². The number of esters is 1. The lowest BCUT2D eigenvalue weighted by Crippen LogP contribution is -2.14. The van der Waals surface area contributed by atoms with Gasteiger partial charge in [-0.05, 0) is 35.9 Å². The van der Waals surface area contributed by atoms with E-state index >= 15 is 0 Å². The number of rotatable bonds is 4. The zero-order chi connectivity index (χ0) is 18.1. The molecule has 0 saturated carbocycles. The summed E-state index contributed by atoms with van der Waals surface area (Å²) in [4.78, 5) is 28.1. The Hall–Kier alpha value is -3.40. The van der Waals surface area contributed by atoms with Crippen LogP contribution in [-0.4, -0.2) is 23.3 Å². The molecule has 4 aromatic rings. The average Bonchev–Trinajstić information content (AvgIpc) is 3.01. The van der Waals surface area contributed by atoms with Crippen LogP contribution in [0.2, 0.25) is 0 Å². The van der Waals surface area contributed by atoms with E-state index in [1.165, 1.54) is 0 Å². The number of aromatic amines is 1. The van der Waals surface area contributed by atoms with Gasteiger partial charge < -0.3 is 9.72 Å². The Labute approximate surface area is 150 Å². The Kier molecular flexibility index (Phi) is 4.01. The van der Waals surface area contributed by atoms with Crippen LogP contribution in [0.3, 0.4) is 0 Å². The highest BCUT2D eigenvalue weighted by molar-refractivity contribution is 6.10. The first-order valence-corrected chi connectivity index (χ1v) is 8.40. The van der Waals surface area contributed by atoms with Gasteiger partial charge in [-0.3, -0.25) is 4.79 Å². The van der Waals surface area contributed by atoms with Gasteiger partial charge in [-0.15, -0.1) is 0 Å². The van der Waals surface area contributed by atoms with E-state index in [0.29, 0.717) is 11.1 Å². The standard InChI is InChI=1S/C22H17NO3/c1-14-21(18-8-4-5-9-19(18)23-14)20(24)13-26-22(25)17-11-10-15-6-2-3-7-16(15)12-17/h2-12,23H,13H2,1H3. The molecule has 4 nitrogen and oxygen atoms in total. The Morgan fingerprint density at radius 3 is 2.50 bits per heavy atom. The van der Waals surface area contributed by atoms with E-state index in [1.807, 2.05) is 61.5 Å². The summed E-state index contributed by atoms with van der Waals surface area (Å²) >= 11 is 0. The van der Waals surface area contributed by atoms with Crippen molar-refractivity contribution in [3.63, 3.8) is 0 Å². The first-order valence-electron chi connectivity index (χ1n) is 8.40. The predicted octanol–water partition coefficient (Wildman–Crippen LogP) is 4.67. The molecule has 0 radical (unpaired) electrons. The summed E-state index contributed by atoms with van der Waals surface area (Å²) < 4.78 is 5.26. The number of nitrogens with one attached hydrogen (secondary N) is 1. The lowest BCUT2D eigenvalue weighted by molar-refractivity contribution is 0.0475. The fraction of sp³-hybridized carbons (Fsp3) is 0.0909. The number of ketones is 1. The van der Waals surface area contributed by atoms with Crippen molar-refractivity contribution in [2.75, 3.05) is 6.61 Å². The summed E-state index contributed by atoms with van der Waals surface area (Å²) in [7, 11) is 0. The molecule has 0 aliphatic rings. The summed E-state index contributed by atoms with van der Waals surface area (Å²) in [5.74, 6) is -0.712. The minimum absolute atomic E-state index is 0.214. The monoisotopic (exact) mass is 343 g/mol. The van der Waals surface area contributed by atoms with Crippen molar-refractivity contribution in [1.29, 1.82) is 0 Å². The number of carbonyl (C=O) groups is 2. The van der Waals surface area contributed by atoms with Crippen molar-refractivity contribution >= 4 is 33.4 Å². The second kappa shape index (κ2) is 6.48. The lowest BCUT2D eigenvalue weighted by atomic mass is 10.1. The SMILES string of the molecule is Cc1[nH]c2ccccc2c1C(=O)COC(=O)c1ccc2ccccc2c1. The summed E-state index contributed by atoms with van der Waals surface area (Å²) in [6, 6.07) is 20.7. The maximum absolute atomic E-state index is 12.6. The number of carbonyl (C=O) groups excluding carboxylic acids is 2.